The summed E-state index contributed by atoms with van der Waals surface area (Å²) in [4.78, 5) is 9.60. The fourth-order valence-electron chi connectivity index (χ4n) is 4.60. The summed E-state index contributed by atoms with van der Waals surface area (Å²) in [5.41, 5.74) is 1.37. The molecule has 5 nitrogen and oxygen atoms in total. The molecule has 5 heteroatoms. The van der Waals surface area contributed by atoms with Gasteiger partial charge in [0.25, 0.3) is 0 Å². The minimum Gasteiger partial charge on any atom is -0.396 e. The van der Waals surface area contributed by atoms with Gasteiger partial charge < -0.3 is 9.67 Å². The average molecular weight is 349 g/mol. The summed E-state index contributed by atoms with van der Waals surface area (Å²) in [6, 6.07) is 1.13. The minimum atomic E-state index is 0.285. The lowest BCUT2D eigenvalue weighted by Crippen LogP contribution is -2.54. The Labute approximate surface area is 153 Å². The summed E-state index contributed by atoms with van der Waals surface area (Å²) >= 11 is 0. The van der Waals surface area contributed by atoms with Crippen molar-refractivity contribution < 1.29 is 5.11 Å². The first-order chi connectivity index (χ1) is 12.2. The van der Waals surface area contributed by atoms with Crippen molar-refractivity contribution in [1.29, 1.82) is 0 Å². The van der Waals surface area contributed by atoms with Gasteiger partial charge in [-0.15, -0.1) is 0 Å². The quantitative estimate of drug-likeness (QED) is 0.823. The van der Waals surface area contributed by atoms with E-state index >= 15 is 0 Å². The van der Waals surface area contributed by atoms with Crippen molar-refractivity contribution >= 4 is 0 Å². The van der Waals surface area contributed by atoms with Gasteiger partial charge in [0.15, 0.2) is 0 Å². The van der Waals surface area contributed by atoms with Crippen LogP contribution in [0.2, 0.25) is 0 Å². The maximum Gasteiger partial charge on any atom is 0.0951 e. The molecule has 1 aromatic rings. The van der Waals surface area contributed by atoms with Crippen molar-refractivity contribution in [3.63, 3.8) is 0 Å². The second-order valence-electron chi connectivity index (χ2n) is 8.37. The number of imidazole rings is 1. The highest BCUT2D eigenvalue weighted by molar-refractivity contribution is 5.02. The number of aliphatic hydroxyl groups is 1. The first-order valence-corrected chi connectivity index (χ1v) is 10.3. The zero-order chi connectivity index (χ0) is 17.6. The lowest BCUT2D eigenvalue weighted by atomic mass is 9.95. The maximum absolute atomic E-state index is 9.47. The number of hydrogen-bond acceptors (Lipinski definition) is 4. The van der Waals surface area contributed by atoms with Gasteiger partial charge in [0, 0.05) is 57.6 Å². The molecule has 142 valence electrons. The van der Waals surface area contributed by atoms with Gasteiger partial charge in [-0.25, -0.2) is 4.98 Å². The lowest BCUT2D eigenvalue weighted by Gasteiger charge is -2.42. The molecule has 1 unspecified atom stereocenters. The molecule has 0 radical (unpaired) electrons. The van der Waals surface area contributed by atoms with E-state index in [0.29, 0.717) is 18.0 Å². The Balaban J connectivity index is 1.61. The highest BCUT2D eigenvalue weighted by Crippen LogP contribution is 2.29. The molecule has 1 N–H and O–H groups in total. The van der Waals surface area contributed by atoms with Crippen LogP contribution in [0.1, 0.15) is 64.1 Å². The Morgan fingerprint density at radius 3 is 2.72 bits per heavy atom. The molecule has 25 heavy (non-hydrogen) atoms. The van der Waals surface area contributed by atoms with E-state index in [0.717, 1.165) is 39.1 Å². The minimum absolute atomic E-state index is 0.285. The third kappa shape index (κ3) is 5.05. The van der Waals surface area contributed by atoms with Gasteiger partial charge in [-0.1, -0.05) is 33.1 Å². The Bertz CT molecular complexity index is 510. The maximum atomic E-state index is 9.47. The van der Waals surface area contributed by atoms with E-state index in [4.69, 9.17) is 0 Å². The van der Waals surface area contributed by atoms with Gasteiger partial charge in [-0.3, -0.25) is 9.80 Å². The van der Waals surface area contributed by atoms with Crippen LogP contribution >= 0.6 is 0 Å². The highest BCUT2D eigenvalue weighted by atomic mass is 16.3. The van der Waals surface area contributed by atoms with E-state index < -0.39 is 0 Å². The Hall–Kier alpha value is -0.910. The van der Waals surface area contributed by atoms with Crippen LogP contribution in [0.15, 0.2) is 12.5 Å². The number of aliphatic hydroxyl groups excluding tert-OH is 1. The number of piperazine rings is 1. The van der Waals surface area contributed by atoms with Gasteiger partial charge in [-0.2, -0.15) is 0 Å². The van der Waals surface area contributed by atoms with Crippen LogP contribution in [0.3, 0.4) is 0 Å². The summed E-state index contributed by atoms with van der Waals surface area (Å²) in [6.45, 7) is 10.3. The van der Waals surface area contributed by atoms with E-state index in [2.05, 4.69) is 39.4 Å². The smallest absolute Gasteiger partial charge is 0.0951 e. The van der Waals surface area contributed by atoms with Crippen molar-refractivity contribution in [1.82, 2.24) is 19.4 Å². The number of aromatic nitrogens is 2. The standard InChI is InChI=1S/C20H36N4O/c1-17(2)13-23-10-9-22(14-19(23)8-11-25)15-20-12-21-16-24(20)18-6-4-3-5-7-18/h12,16-19,25H,3-11,13-15H2,1-2H3. The third-order valence-electron chi connectivity index (χ3n) is 5.85. The van der Waals surface area contributed by atoms with Crippen molar-refractivity contribution in [2.45, 2.75) is 71.0 Å². The molecule has 0 bridgehead atoms. The largest absolute Gasteiger partial charge is 0.396 e. The van der Waals surface area contributed by atoms with Crippen molar-refractivity contribution in [2.24, 2.45) is 5.92 Å². The average Bonchev–Trinajstić information content (AvgIpc) is 3.06. The molecule has 1 aliphatic carbocycles. The molecular weight excluding hydrogens is 312 g/mol. The molecule has 3 rings (SSSR count). The molecule has 1 atom stereocenters. The first-order valence-electron chi connectivity index (χ1n) is 10.3. The number of hydrogen-bond donors (Lipinski definition) is 1. The van der Waals surface area contributed by atoms with Crippen LogP contribution in [0.5, 0.6) is 0 Å². The third-order valence-corrected chi connectivity index (χ3v) is 5.85. The normalized spacial score (nSPS) is 24.2. The molecule has 2 aliphatic rings. The SMILES string of the molecule is CC(C)CN1CCN(Cc2cncn2C2CCCCC2)CC1CCO. The second-order valence-corrected chi connectivity index (χ2v) is 8.37. The Morgan fingerprint density at radius 1 is 1.20 bits per heavy atom. The van der Waals surface area contributed by atoms with E-state index in [1.807, 2.05) is 6.33 Å². The Morgan fingerprint density at radius 2 is 2.00 bits per heavy atom. The molecule has 0 spiro atoms. The highest BCUT2D eigenvalue weighted by Gasteiger charge is 2.28. The zero-order valence-corrected chi connectivity index (χ0v) is 16.1. The van der Waals surface area contributed by atoms with Crippen LogP contribution in [0, 0.1) is 5.92 Å². The Kier molecular flexibility index (Phi) is 6.91. The molecule has 2 fully saturated rings. The van der Waals surface area contributed by atoms with Crippen LogP contribution in [-0.2, 0) is 6.54 Å². The number of nitrogens with zero attached hydrogens (tertiary/aromatic N) is 4. The molecule has 1 aliphatic heterocycles. The fraction of sp³-hybridized carbons (Fsp3) is 0.850. The van der Waals surface area contributed by atoms with Crippen LogP contribution in [-0.4, -0.2) is 63.3 Å². The summed E-state index contributed by atoms with van der Waals surface area (Å²) in [7, 11) is 0. The topological polar surface area (TPSA) is 44.5 Å². The second kappa shape index (κ2) is 9.15. The summed E-state index contributed by atoms with van der Waals surface area (Å²) < 4.78 is 2.45. The summed E-state index contributed by atoms with van der Waals surface area (Å²) in [6.07, 6.45) is 11.7. The molecule has 0 amide bonds. The van der Waals surface area contributed by atoms with Crippen LogP contribution < -0.4 is 0 Å². The van der Waals surface area contributed by atoms with Crippen LogP contribution in [0.4, 0.5) is 0 Å². The van der Waals surface area contributed by atoms with Crippen molar-refractivity contribution in [3.8, 4) is 0 Å². The lowest BCUT2D eigenvalue weighted by molar-refractivity contribution is 0.0463. The van der Waals surface area contributed by atoms with Gasteiger partial charge >= 0.3 is 0 Å². The molecule has 2 heterocycles. The molecule has 1 saturated carbocycles. The van der Waals surface area contributed by atoms with Crippen molar-refractivity contribution in [3.05, 3.63) is 18.2 Å². The molecular formula is C20H36N4O. The van der Waals surface area contributed by atoms with Gasteiger partial charge in [0.1, 0.15) is 0 Å². The van der Waals surface area contributed by atoms with Gasteiger partial charge in [0.2, 0.25) is 0 Å². The van der Waals surface area contributed by atoms with Gasteiger partial charge in [0.05, 0.1) is 12.0 Å². The first kappa shape index (κ1) is 18.9. The summed E-state index contributed by atoms with van der Waals surface area (Å²) in [5.74, 6) is 0.681. The van der Waals surface area contributed by atoms with Crippen LogP contribution in [0.25, 0.3) is 0 Å². The van der Waals surface area contributed by atoms with E-state index in [9.17, 15) is 5.11 Å². The monoisotopic (exact) mass is 348 g/mol. The van der Waals surface area contributed by atoms with E-state index in [1.54, 1.807) is 0 Å². The summed E-state index contributed by atoms with van der Waals surface area (Å²) in [5, 5.41) is 9.47. The molecule has 1 aromatic heterocycles. The van der Waals surface area contributed by atoms with E-state index in [-0.39, 0.29) is 6.61 Å². The van der Waals surface area contributed by atoms with Crippen molar-refractivity contribution in [2.75, 3.05) is 32.8 Å². The zero-order valence-electron chi connectivity index (χ0n) is 16.1. The predicted molar refractivity (Wildman–Crippen MR) is 102 cm³/mol. The molecule has 0 aromatic carbocycles. The fourth-order valence-corrected chi connectivity index (χ4v) is 4.60. The number of rotatable bonds is 7. The van der Waals surface area contributed by atoms with Gasteiger partial charge in [-0.05, 0) is 25.2 Å². The predicted octanol–water partition coefficient (Wildman–Crippen LogP) is 2.91. The molecule has 1 saturated heterocycles. The van der Waals surface area contributed by atoms with E-state index in [1.165, 1.54) is 37.8 Å².